The molecule has 2 heterocycles. The van der Waals surface area contributed by atoms with E-state index in [1.54, 1.807) is 0 Å². The summed E-state index contributed by atoms with van der Waals surface area (Å²) in [6, 6.07) is 7.53. The topological polar surface area (TPSA) is 111 Å². The van der Waals surface area contributed by atoms with Crippen LogP contribution in [0.4, 0.5) is 4.79 Å². The lowest BCUT2D eigenvalue weighted by Gasteiger charge is -2.44. The molecule has 3 atom stereocenters. The number of ether oxygens (including phenoxy) is 3. The number of thioether (sulfide) groups is 1. The summed E-state index contributed by atoms with van der Waals surface area (Å²) in [7, 11) is 0. The maximum atomic E-state index is 13.1. The zero-order valence-corrected chi connectivity index (χ0v) is 21.7. The van der Waals surface area contributed by atoms with E-state index in [9.17, 15) is 19.2 Å². The van der Waals surface area contributed by atoms with E-state index in [2.05, 4.69) is 5.32 Å². The minimum absolute atomic E-state index is 0.0851. The average Bonchev–Trinajstić information content (AvgIpc) is 3.04. The third-order valence-electron chi connectivity index (χ3n) is 5.84. The monoisotopic (exact) mass is 506 g/mol. The molecule has 0 bridgehead atoms. The molecule has 10 heteroatoms. The summed E-state index contributed by atoms with van der Waals surface area (Å²) < 4.78 is 15.4. The lowest BCUT2D eigenvalue weighted by molar-refractivity contribution is -0.221. The van der Waals surface area contributed by atoms with Gasteiger partial charge in [-0.3, -0.25) is 9.59 Å². The second-order valence-electron chi connectivity index (χ2n) is 9.70. The molecule has 2 aliphatic heterocycles. The Balaban J connectivity index is 1.56. The average molecular weight is 507 g/mol. The largest absolute Gasteiger partial charge is 0.445 e. The maximum Gasteiger partial charge on any atom is 0.408 e. The van der Waals surface area contributed by atoms with Gasteiger partial charge in [0, 0.05) is 25.0 Å². The zero-order chi connectivity index (χ0) is 25.8. The van der Waals surface area contributed by atoms with Crippen molar-refractivity contribution in [2.75, 3.05) is 0 Å². The first-order valence-electron chi connectivity index (χ1n) is 11.9. The Kier molecular flexibility index (Phi) is 8.35. The number of nitrogens with one attached hydrogen (secondary N) is 1. The molecular formula is C25H34N2O7S. The second kappa shape index (κ2) is 10.9. The predicted octanol–water partition coefficient (Wildman–Crippen LogP) is 3.75. The van der Waals surface area contributed by atoms with Gasteiger partial charge >= 0.3 is 18.0 Å². The summed E-state index contributed by atoms with van der Waals surface area (Å²) in [6.07, 6.45) is 2.15. The van der Waals surface area contributed by atoms with Crippen LogP contribution in [-0.4, -0.2) is 56.8 Å². The van der Waals surface area contributed by atoms with Crippen molar-refractivity contribution >= 4 is 35.7 Å². The summed E-state index contributed by atoms with van der Waals surface area (Å²) in [5.41, 5.74) is 0.831. The Hall–Kier alpha value is -2.75. The van der Waals surface area contributed by atoms with Crippen LogP contribution >= 0.6 is 11.8 Å². The van der Waals surface area contributed by atoms with E-state index in [1.807, 2.05) is 51.1 Å². The molecule has 1 N–H and O–H groups in total. The highest BCUT2D eigenvalue weighted by atomic mass is 32.2. The van der Waals surface area contributed by atoms with E-state index >= 15 is 0 Å². The molecule has 0 saturated carbocycles. The van der Waals surface area contributed by atoms with Gasteiger partial charge in [0.2, 0.25) is 5.91 Å². The van der Waals surface area contributed by atoms with Crippen molar-refractivity contribution in [2.24, 2.45) is 0 Å². The quantitative estimate of drug-likeness (QED) is 0.221. The first-order valence-corrected chi connectivity index (χ1v) is 12.7. The molecule has 35 heavy (non-hydrogen) atoms. The van der Waals surface area contributed by atoms with Gasteiger partial charge in [-0.15, -0.1) is 11.8 Å². The Bertz CT molecular complexity index is 950. The Morgan fingerprint density at radius 3 is 2.46 bits per heavy atom. The lowest BCUT2D eigenvalue weighted by Crippen LogP contribution is -2.71. The number of alkyl carbamates (subject to hydrolysis) is 1. The number of nitrogens with zero attached hydrogens (tertiary/aromatic N) is 1. The molecule has 9 nitrogen and oxygen atoms in total. The Labute approximate surface area is 210 Å². The second-order valence-corrected chi connectivity index (χ2v) is 11.5. The van der Waals surface area contributed by atoms with Crippen LogP contribution in [0.25, 0.3) is 0 Å². The summed E-state index contributed by atoms with van der Waals surface area (Å²) in [5, 5.41) is 2.18. The highest BCUT2D eigenvalue weighted by Crippen LogP contribution is 2.51. The van der Waals surface area contributed by atoms with Crippen molar-refractivity contribution < 1.29 is 33.4 Å². The summed E-state index contributed by atoms with van der Waals surface area (Å²) in [6.45, 7) is 8.80. The van der Waals surface area contributed by atoms with E-state index in [-0.39, 0.29) is 18.9 Å². The number of benzene rings is 1. The number of rotatable bonds is 10. The zero-order valence-electron chi connectivity index (χ0n) is 20.9. The number of carbonyl (C=O) groups excluding carboxylic acids is 4. The van der Waals surface area contributed by atoms with E-state index in [0.717, 1.165) is 18.4 Å². The normalized spacial score (nSPS) is 22.6. The number of fused-ring (bicyclic) bond motifs is 1. The van der Waals surface area contributed by atoms with E-state index < -0.39 is 46.0 Å². The van der Waals surface area contributed by atoms with Crippen LogP contribution in [0.5, 0.6) is 0 Å². The molecule has 192 valence electrons. The molecule has 3 rings (SSSR count). The first-order chi connectivity index (χ1) is 16.4. The fourth-order valence-electron chi connectivity index (χ4n) is 4.18. The van der Waals surface area contributed by atoms with Crippen LogP contribution in [0.3, 0.4) is 0 Å². The maximum absolute atomic E-state index is 13.1. The summed E-state index contributed by atoms with van der Waals surface area (Å²) in [4.78, 5) is 51.8. The van der Waals surface area contributed by atoms with E-state index in [1.165, 1.54) is 30.5 Å². The van der Waals surface area contributed by atoms with Crippen LogP contribution in [0.2, 0.25) is 0 Å². The third kappa shape index (κ3) is 6.48. The highest BCUT2D eigenvalue weighted by molar-refractivity contribution is 8.01. The molecule has 1 aromatic carbocycles. The Morgan fingerprint density at radius 2 is 1.80 bits per heavy atom. The van der Waals surface area contributed by atoms with Crippen molar-refractivity contribution in [3.05, 3.63) is 35.9 Å². The number of esters is 2. The van der Waals surface area contributed by atoms with Gasteiger partial charge in [-0.25, -0.2) is 9.59 Å². The van der Waals surface area contributed by atoms with Crippen molar-refractivity contribution in [3.63, 3.8) is 0 Å². The molecule has 1 aromatic rings. The molecule has 0 spiro atoms. The molecule has 2 aliphatic rings. The number of amides is 2. The number of hydrogen-bond acceptors (Lipinski definition) is 8. The van der Waals surface area contributed by atoms with Crippen molar-refractivity contribution in [1.82, 2.24) is 10.2 Å². The third-order valence-corrected chi connectivity index (χ3v) is 7.41. The molecule has 0 aliphatic carbocycles. The fraction of sp³-hybridized carbons (Fsp3) is 0.600. The number of unbranched alkanes of at least 4 members (excludes halogenated alkanes) is 2. The molecule has 0 radical (unpaired) electrons. The smallest absolute Gasteiger partial charge is 0.408 e. The molecule has 2 fully saturated rings. The molecule has 0 unspecified atom stereocenters. The Morgan fingerprint density at radius 1 is 1.11 bits per heavy atom. The summed E-state index contributed by atoms with van der Waals surface area (Å²) >= 11 is 1.40. The van der Waals surface area contributed by atoms with Crippen LogP contribution in [0.15, 0.2) is 30.3 Å². The van der Waals surface area contributed by atoms with Crippen molar-refractivity contribution in [1.29, 1.82) is 0 Å². The van der Waals surface area contributed by atoms with Crippen molar-refractivity contribution in [2.45, 2.75) is 94.9 Å². The van der Waals surface area contributed by atoms with E-state index in [4.69, 9.17) is 14.2 Å². The summed E-state index contributed by atoms with van der Waals surface area (Å²) in [5.74, 6) is -2.95. The number of β-lactam (4-membered cyclic amide) rings is 1. The van der Waals surface area contributed by atoms with Gasteiger partial charge in [-0.05, 0) is 25.8 Å². The van der Waals surface area contributed by atoms with Gasteiger partial charge in [0.15, 0.2) is 0 Å². The van der Waals surface area contributed by atoms with Gasteiger partial charge in [-0.1, -0.05) is 50.1 Å². The minimum Gasteiger partial charge on any atom is -0.445 e. The van der Waals surface area contributed by atoms with Crippen LogP contribution in [-0.2, 0) is 35.2 Å². The van der Waals surface area contributed by atoms with E-state index in [0.29, 0.717) is 6.42 Å². The van der Waals surface area contributed by atoms with Gasteiger partial charge in [0.1, 0.15) is 24.1 Å². The van der Waals surface area contributed by atoms with Crippen LogP contribution in [0.1, 0.15) is 65.9 Å². The standard InChI is InChI=1S/C25H34N2O7S/c1-6-7-9-14-17(28)33-25(4,5)34-22(30)19-24(2,3)35-21-18(20(29)27(19)21)26-23(31)32-15-16-12-10-8-11-13-16/h8,10-13,18-19,21H,6-7,9,14-15H2,1-5H3,(H,26,31)/t18-,19+,21-/m1/s1. The van der Waals surface area contributed by atoms with Gasteiger partial charge in [0.25, 0.3) is 5.79 Å². The van der Waals surface area contributed by atoms with Gasteiger partial charge < -0.3 is 24.4 Å². The predicted molar refractivity (Wildman–Crippen MR) is 130 cm³/mol. The van der Waals surface area contributed by atoms with Gasteiger partial charge in [0.05, 0.1) is 0 Å². The lowest BCUT2D eigenvalue weighted by atomic mass is 9.96. The molecule has 2 amide bonds. The number of carbonyl (C=O) groups is 4. The van der Waals surface area contributed by atoms with Crippen molar-refractivity contribution in [3.8, 4) is 0 Å². The van der Waals surface area contributed by atoms with Gasteiger partial charge in [-0.2, -0.15) is 0 Å². The highest BCUT2D eigenvalue weighted by Gasteiger charge is 2.65. The molecule has 2 saturated heterocycles. The van der Waals surface area contributed by atoms with Crippen LogP contribution < -0.4 is 5.32 Å². The number of hydrogen-bond donors (Lipinski definition) is 1. The molecular weight excluding hydrogens is 472 g/mol. The molecule has 0 aromatic heterocycles. The first kappa shape index (κ1) is 26.8. The minimum atomic E-state index is -1.47. The fourth-order valence-corrected chi connectivity index (χ4v) is 5.80. The SMILES string of the molecule is CCCCCC(=O)OC(C)(C)OC(=O)[C@@H]1N2C(=O)[C@@H](NC(=O)OCc3ccccc3)[C@H]2SC1(C)C. The van der Waals surface area contributed by atoms with Crippen LogP contribution in [0, 0.1) is 0 Å².